The molecule has 0 aliphatic carbocycles. The van der Waals surface area contributed by atoms with Gasteiger partial charge in [-0.25, -0.2) is 8.42 Å². The second-order valence-electron chi connectivity index (χ2n) is 6.99. The van der Waals surface area contributed by atoms with Crippen molar-refractivity contribution in [2.45, 2.75) is 22.8 Å². The molecule has 3 aromatic rings. The largest absolute Gasteiger partial charge is 0.497 e. The lowest BCUT2D eigenvalue weighted by atomic mass is 10.2. The summed E-state index contributed by atoms with van der Waals surface area (Å²) < 4.78 is 38.1. The first kappa shape index (κ1) is 23.8. The van der Waals surface area contributed by atoms with Gasteiger partial charge in [-0.15, -0.1) is 0 Å². The van der Waals surface area contributed by atoms with Gasteiger partial charge in [0.25, 0.3) is 0 Å². The predicted molar refractivity (Wildman–Crippen MR) is 121 cm³/mol. The lowest BCUT2D eigenvalue weighted by Gasteiger charge is -2.15. The van der Waals surface area contributed by atoms with E-state index in [-0.39, 0.29) is 22.7 Å². The topological polar surface area (TPSA) is 104 Å². The Labute approximate surface area is 190 Å². The molecule has 0 aliphatic heterocycles. The number of carbonyl (C=O) groups is 1. The fourth-order valence-corrected chi connectivity index (χ4v) is 4.69. The molecule has 1 amide bonds. The number of pyridine rings is 1. The Hall–Kier alpha value is -2.88. The summed E-state index contributed by atoms with van der Waals surface area (Å²) in [6.07, 6.45) is 1.84. The van der Waals surface area contributed by atoms with Crippen LogP contribution < -0.4 is 15.5 Å². The van der Waals surface area contributed by atoms with E-state index in [9.17, 15) is 18.0 Å². The minimum Gasteiger partial charge on any atom is -0.497 e. The van der Waals surface area contributed by atoms with Gasteiger partial charge in [-0.3, -0.25) is 9.59 Å². The van der Waals surface area contributed by atoms with E-state index in [1.807, 2.05) is 0 Å². The van der Waals surface area contributed by atoms with E-state index in [1.54, 1.807) is 19.2 Å². The Morgan fingerprint density at radius 1 is 1.12 bits per heavy atom. The van der Waals surface area contributed by atoms with Gasteiger partial charge in [-0.05, 0) is 48.9 Å². The highest BCUT2D eigenvalue weighted by Crippen LogP contribution is 2.24. The first-order chi connectivity index (χ1) is 15.3. The number of carbonyl (C=O) groups excluding carboxylic acids is 1. The molecule has 8 nitrogen and oxygen atoms in total. The lowest BCUT2D eigenvalue weighted by molar-refractivity contribution is -0.121. The van der Waals surface area contributed by atoms with Crippen molar-refractivity contribution in [3.8, 4) is 5.75 Å². The van der Waals surface area contributed by atoms with Gasteiger partial charge in [0.05, 0.1) is 22.9 Å². The maximum absolute atomic E-state index is 13.2. The number of amides is 1. The highest BCUT2D eigenvalue weighted by Gasteiger charge is 2.24. The molecule has 1 heterocycles. The number of hydrogen-bond acceptors (Lipinski definition) is 6. The molecular formula is C22H23ClN2O6S. The quantitative estimate of drug-likeness (QED) is 0.474. The standard InChI is InChI=1S/C22H23ClN2O6S/c1-30-11-3-10-24-21(26)14-25-13-20(32(28,29)17-7-4-15(23)5-8-17)22(27)18-12-16(31-2)6-9-19(18)25/h4-9,12-13H,3,10-11,14H2,1-2H3,(H,24,26). The molecule has 2 aromatic carbocycles. The van der Waals surface area contributed by atoms with Crippen molar-refractivity contribution >= 4 is 38.2 Å². The molecule has 0 saturated heterocycles. The Morgan fingerprint density at radius 2 is 1.84 bits per heavy atom. The van der Waals surface area contributed by atoms with Crippen LogP contribution in [0.15, 0.2) is 63.2 Å². The van der Waals surface area contributed by atoms with Gasteiger partial charge in [0.15, 0.2) is 0 Å². The molecule has 0 radical (unpaired) electrons. The van der Waals surface area contributed by atoms with E-state index in [1.165, 1.54) is 48.2 Å². The van der Waals surface area contributed by atoms with Gasteiger partial charge in [0, 0.05) is 31.5 Å². The number of nitrogens with one attached hydrogen (secondary N) is 1. The SMILES string of the molecule is COCCCNC(=O)Cn1cc(S(=O)(=O)c2ccc(Cl)cc2)c(=O)c2cc(OC)ccc21. The number of methoxy groups -OCH3 is 2. The van der Waals surface area contributed by atoms with Crippen LogP contribution in [0.1, 0.15) is 6.42 Å². The van der Waals surface area contributed by atoms with E-state index < -0.39 is 20.2 Å². The fourth-order valence-electron chi connectivity index (χ4n) is 3.19. The van der Waals surface area contributed by atoms with Crippen LogP contribution in [0.4, 0.5) is 0 Å². The van der Waals surface area contributed by atoms with Crippen molar-refractivity contribution in [2.75, 3.05) is 27.4 Å². The molecule has 0 atom stereocenters. The minimum absolute atomic E-state index is 0.0724. The lowest BCUT2D eigenvalue weighted by Crippen LogP contribution is -2.30. The van der Waals surface area contributed by atoms with Gasteiger partial charge >= 0.3 is 0 Å². The normalized spacial score (nSPS) is 11.5. The number of rotatable bonds is 9. The molecule has 170 valence electrons. The highest BCUT2D eigenvalue weighted by molar-refractivity contribution is 7.91. The summed E-state index contributed by atoms with van der Waals surface area (Å²) in [5, 5.41) is 3.26. The fraction of sp³-hybridized carbons (Fsp3) is 0.273. The molecule has 10 heteroatoms. The van der Waals surface area contributed by atoms with E-state index >= 15 is 0 Å². The first-order valence-electron chi connectivity index (χ1n) is 9.75. The molecule has 0 fully saturated rings. The third kappa shape index (κ3) is 5.12. The third-order valence-electron chi connectivity index (χ3n) is 4.83. The van der Waals surface area contributed by atoms with Gasteiger partial charge in [0.1, 0.15) is 17.2 Å². The summed E-state index contributed by atoms with van der Waals surface area (Å²) in [6, 6.07) is 10.3. The number of halogens is 1. The van der Waals surface area contributed by atoms with Crippen LogP contribution in [-0.4, -0.2) is 46.3 Å². The van der Waals surface area contributed by atoms with Crippen molar-refractivity contribution < 1.29 is 22.7 Å². The second-order valence-corrected chi connectivity index (χ2v) is 9.34. The Bertz CT molecular complexity index is 1290. The zero-order valence-electron chi connectivity index (χ0n) is 17.6. The zero-order chi connectivity index (χ0) is 23.3. The molecule has 0 saturated carbocycles. The van der Waals surface area contributed by atoms with Crippen molar-refractivity contribution in [3.63, 3.8) is 0 Å². The average Bonchev–Trinajstić information content (AvgIpc) is 2.78. The molecule has 0 aliphatic rings. The van der Waals surface area contributed by atoms with Gasteiger partial charge in [-0.1, -0.05) is 11.6 Å². The maximum Gasteiger partial charge on any atom is 0.239 e. The number of benzene rings is 2. The first-order valence-corrected chi connectivity index (χ1v) is 11.6. The van der Waals surface area contributed by atoms with Crippen LogP contribution in [-0.2, 0) is 25.9 Å². The van der Waals surface area contributed by atoms with Crippen LogP contribution in [0.2, 0.25) is 5.02 Å². The molecule has 1 aromatic heterocycles. The summed E-state index contributed by atoms with van der Waals surface area (Å²) in [7, 11) is -1.14. The molecule has 3 rings (SSSR count). The van der Waals surface area contributed by atoms with Crippen LogP contribution in [0.3, 0.4) is 0 Å². The van der Waals surface area contributed by atoms with E-state index in [2.05, 4.69) is 5.32 Å². The van der Waals surface area contributed by atoms with Crippen molar-refractivity contribution in [3.05, 3.63) is 63.9 Å². The second kappa shape index (κ2) is 10.2. The summed E-state index contributed by atoms with van der Waals surface area (Å²) >= 11 is 5.87. The average molecular weight is 479 g/mol. The van der Waals surface area contributed by atoms with Gasteiger partial charge in [-0.2, -0.15) is 0 Å². The highest BCUT2D eigenvalue weighted by atomic mass is 35.5. The minimum atomic E-state index is -4.16. The molecule has 0 unspecified atom stereocenters. The maximum atomic E-state index is 13.2. The summed E-state index contributed by atoms with van der Waals surface area (Å²) in [5.41, 5.74) is -0.261. The smallest absolute Gasteiger partial charge is 0.239 e. The van der Waals surface area contributed by atoms with Gasteiger partial charge < -0.3 is 19.4 Å². The number of aromatic nitrogens is 1. The number of nitrogens with zero attached hydrogens (tertiary/aromatic N) is 1. The summed E-state index contributed by atoms with van der Waals surface area (Å²) in [5.74, 6) is 0.0721. The Kier molecular flexibility index (Phi) is 7.55. The third-order valence-corrected chi connectivity index (χ3v) is 6.84. The number of ether oxygens (including phenoxy) is 2. The van der Waals surface area contributed by atoms with Gasteiger partial charge in [0.2, 0.25) is 21.2 Å². The summed E-state index contributed by atoms with van der Waals surface area (Å²) in [6.45, 7) is 0.748. The van der Waals surface area contributed by atoms with Crippen LogP contribution in [0.25, 0.3) is 10.9 Å². The summed E-state index contributed by atoms with van der Waals surface area (Å²) in [4.78, 5) is 25.1. The Morgan fingerprint density at radius 3 is 2.50 bits per heavy atom. The Balaban J connectivity index is 2.11. The molecule has 0 bridgehead atoms. The number of hydrogen-bond donors (Lipinski definition) is 1. The van der Waals surface area contributed by atoms with Crippen LogP contribution in [0, 0.1) is 0 Å². The predicted octanol–water partition coefficient (Wildman–Crippen LogP) is 2.65. The zero-order valence-corrected chi connectivity index (χ0v) is 19.2. The van der Waals surface area contributed by atoms with Crippen LogP contribution in [0.5, 0.6) is 5.75 Å². The molecule has 0 spiro atoms. The van der Waals surface area contributed by atoms with E-state index in [4.69, 9.17) is 21.1 Å². The van der Waals surface area contributed by atoms with Crippen LogP contribution >= 0.6 is 11.6 Å². The van der Waals surface area contributed by atoms with E-state index in [0.29, 0.717) is 35.9 Å². The number of fused-ring (bicyclic) bond motifs is 1. The van der Waals surface area contributed by atoms with Crippen molar-refractivity contribution in [1.29, 1.82) is 0 Å². The van der Waals surface area contributed by atoms with E-state index in [0.717, 1.165) is 0 Å². The van der Waals surface area contributed by atoms with Crippen molar-refractivity contribution in [2.24, 2.45) is 0 Å². The van der Waals surface area contributed by atoms with Crippen molar-refractivity contribution in [1.82, 2.24) is 9.88 Å². The number of sulfone groups is 1. The molecular weight excluding hydrogens is 456 g/mol. The monoisotopic (exact) mass is 478 g/mol. The molecule has 1 N–H and O–H groups in total. The molecule has 32 heavy (non-hydrogen) atoms.